The van der Waals surface area contributed by atoms with Crippen molar-refractivity contribution in [2.45, 2.75) is 13.8 Å². The van der Waals surface area contributed by atoms with E-state index in [9.17, 15) is 10.1 Å². The Morgan fingerprint density at radius 3 is 2.52 bits per heavy atom. The lowest BCUT2D eigenvalue weighted by molar-refractivity contribution is -0.385. The lowest BCUT2D eigenvalue weighted by Crippen LogP contribution is -1.96. The van der Waals surface area contributed by atoms with Crippen LogP contribution >= 0.6 is 11.6 Å². The first kappa shape index (κ1) is 20.7. The van der Waals surface area contributed by atoms with E-state index in [0.717, 1.165) is 22.0 Å². The fourth-order valence-corrected chi connectivity index (χ4v) is 3.92. The van der Waals surface area contributed by atoms with Crippen LogP contribution in [0.4, 0.5) is 5.69 Å². The van der Waals surface area contributed by atoms with Crippen molar-refractivity contribution < 1.29 is 14.4 Å². The number of nitrogens with zero attached hydrogens (tertiary/aromatic N) is 3. The molecule has 0 aliphatic rings. The highest BCUT2D eigenvalue weighted by molar-refractivity contribution is 6.30. The molecule has 0 aliphatic heterocycles. The largest absolute Gasteiger partial charge is 0.479 e. The molecular formula is C23H20ClN3O4. The molecule has 0 atom stereocenters. The van der Waals surface area contributed by atoms with E-state index in [-0.39, 0.29) is 10.6 Å². The number of aryl methyl sites for hydroxylation is 3. The van der Waals surface area contributed by atoms with Gasteiger partial charge >= 0.3 is 0 Å². The highest BCUT2D eigenvalue weighted by atomic mass is 35.5. The third-order valence-electron chi connectivity index (χ3n) is 5.19. The Morgan fingerprint density at radius 2 is 1.84 bits per heavy atom. The number of fused-ring (bicyclic) bond motifs is 1. The topological polar surface area (TPSA) is 79.4 Å². The van der Waals surface area contributed by atoms with Crippen molar-refractivity contribution in [2.75, 3.05) is 7.11 Å². The molecule has 2 aromatic heterocycles. The second-order valence-corrected chi connectivity index (χ2v) is 7.71. The molecule has 0 unspecified atom stereocenters. The maximum atomic E-state index is 11.7. The lowest BCUT2D eigenvalue weighted by Gasteiger charge is -2.14. The molecule has 0 amide bonds. The van der Waals surface area contributed by atoms with E-state index in [0.29, 0.717) is 33.5 Å². The fraction of sp³-hybridized carbons (Fsp3) is 0.174. The number of hydrogen-bond donors (Lipinski definition) is 0. The van der Waals surface area contributed by atoms with Crippen LogP contribution in [-0.2, 0) is 7.05 Å². The van der Waals surface area contributed by atoms with Crippen LogP contribution in [0, 0.1) is 24.0 Å². The molecule has 4 rings (SSSR count). The summed E-state index contributed by atoms with van der Waals surface area (Å²) in [7, 11) is 3.44. The summed E-state index contributed by atoms with van der Waals surface area (Å²) in [5, 5.41) is 13.1. The van der Waals surface area contributed by atoms with Crippen LogP contribution in [-0.4, -0.2) is 21.6 Å². The van der Waals surface area contributed by atoms with E-state index in [1.54, 1.807) is 44.5 Å². The number of benzene rings is 2. The second-order valence-electron chi connectivity index (χ2n) is 7.27. The molecular weight excluding hydrogens is 418 g/mol. The zero-order valence-electron chi connectivity index (χ0n) is 17.5. The first-order valence-corrected chi connectivity index (χ1v) is 9.89. The highest BCUT2D eigenvalue weighted by Crippen LogP contribution is 2.43. The van der Waals surface area contributed by atoms with E-state index in [1.807, 2.05) is 36.9 Å². The smallest absolute Gasteiger partial charge is 0.273 e. The quantitative estimate of drug-likeness (QED) is 0.273. The molecule has 8 heteroatoms. The number of hydrogen-bond acceptors (Lipinski definition) is 5. The molecule has 2 heterocycles. The van der Waals surface area contributed by atoms with Gasteiger partial charge in [-0.05, 0) is 49.7 Å². The molecule has 0 N–H and O–H groups in total. The molecule has 0 spiro atoms. The third kappa shape index (κ3) is 3.68. The van der Waals surface area contributed by atoms with Gasteiger partial charge in [-0.2, -0.15) is 0 Å². The third-order valence-corrected chi connectivity index (χ3v) is 5.43. The number of halogens is 1. The summed E-state index contributed by atoms with van der Waals surface area (Å²) in [6.45, 7) is 3.59. The minimum Gasteiger partial charge on any atom is -0.479 e. The summed E-state index contributed by atoms with van der Waals surface area (Å²) in [4.78, 5) is 15.5. The number of aromatic nitrogens is 2. The summed E-state index contributed by atoms with van der Waals surface area (Å²) < 4.78 is 13.5. The Labute approximate surface area is 184 Å². The van der Waals surface area contributed by atoms with Crippen LogP contribution in [0.1, 0.15) is 11.1 Å². The van der Waals surface area contributed by atoms with E-state index in [2.05, 4.69) is 4.98 Å². The van der Waals surface area contributed by atoms with E-state index < -0.39 is 0 Å². The molecule has 4 aromatic rings. The van der Waals surface area contributed by atoms with Crippen molar-refractivity contribution in [3.8, 4) is 28.5 Å². The van der Waals surface area contributed by atoms with Crippen LogP contribution < -0.4 is 9.47 Å². The van der Waals surface area contributed by atoms with Crippen LogP contribution in [0.15, 0.2) is 48.8 Å². The average molecular weight is 438 g/mol. The zero-order chi connectivity index (χ0) is 22.3. The predicted octanol–water partition coefficient (Wildman–Crippen LogP) is 6.22. The van der Waals surface area contributed by atoms with Crippen molar-refractivity contribution in [3.63, 3.8) is 0 Å². The molecule has 0 aliphatic carbocycles. The van der Waals surface area contributed by atoms with Gasteiger partial charge in [-0.3, -0.25) is 10.1 Å². The maximum absolute atomic E-state index is 11.7. The van der Waals surface area contributed by atoms with Crippen molar-refractivity contribution in [1.29, 1.82) is 0 Å². The Bertz CT molecular complexity index is 1330. The number of pyridine rings is 1. The maximum Gasteiger partial charge on any atom is 0.273 e. The summed E-state index contributed by atoms with van der Waals surface area (Å²) in [6, 6.07) is 10.4. The molecule has 158 valence electrons. The molecule has 31 heavy (non-hydrogen) atoms. The first-order valence-electron chi connectivity index (χ1n) is 9.51. The normalized spacial score (nSPS) is 11.0. The number of ether oxygens (including phenoxy) is 2. The highest BCUT2D eigenvalue weighted by Gasteiger charge is 2.22. The fourth-order valence-electron chi connectivity index (χ4n) is 3.69. The Morgan fingerprint density at radius 1 is 1.06 bits per heavy atom. The predicted molar refractivity (Wildman–Crippen MR) is 120 cm³/mol. The summed E-state index contributed by atoms with van der Waals surface area (Å²) >= 11 is 6.07. The van der Waals surface area contributed by atoms with Gasteiger partial charge < -0.3 is 14.0 Å². The van der Waals surface area contributed by atoms with Gasteiger partial charge in [0.1, 0.15) is 17.0 Å². The molecule has 0 radical (unpaired) electrons. The number of methoxy groups -OCH3 is 1. The molecule has 2 aromatic carbocycles. The second kappa shape index (κ2) is 7.92. The minimum absolute atomic E-state index is 0.0215. The standard InChI is InChI=1S/C23H20ClN3O4/c1-13-10-21(31-20-6-5-15(24)9-14(20)2)17(11-19(13)27(28)29)18-12-26(3)22-16(18)7-8-25-23(22)30-4/h5-12H,1-4H3. The molecule has 7 nitrogen and oxygen atoms in total. The van der Waals surface area contributed by atoms with Gasteiger partial charge in [0.2, 0.25) is 5.88 Å². The monoisotopic (exact) mass is 437 g/mol. The SMILES string of the molecule is COc1nccc2c(-c3cc([N+](=O)[O-])c(C)cc3Oc3ccc(Cl)cc3C)cn(C)c12. The average Bonchev–Trinajstić information content (AvgIpc) is 3.06. The van der Waals surface area contributed by atoms with Crippen molar-refractivity contribution in [1.82, 2.24) is 9.55 Å². The van der Waals surface area contributed by atoms with Gasteiger partial charge in [0.25, 0.3) is 5.69 Å². The van der Waals surface area contributed by atoms with Gasteiger partial charge in [0, 0.05) is 52.6 Å². The van der Waals surface area contributed by atoms with Crippen LogP contribution in [0.5, 0.6) is 17.4 Å². The van der Waals surface area contributed by atoms with Gasteiger partial charge in [-0.15, -0.1) is 0 Å². The Kier molecular flexibility index (Phi) is 5.29. The van der Waals surface area contributed by atoms with Crippen LogP contribution in [0.2, 0.25) is 5.02 Å². The first-order chi connectivity index (χ1) is 14.8. The Hall–Kier alpha value is -3.58. The molecule has 0 saturated carbocycles. The van der Waals surface area contributed by atoms with Crippen LogP contribution in [0.25, 0.3) is 22.0 Å². The van der Waals surface area contributed by atoms with E-state index in [1.165, 1.54) is 0 Å². The Balaban J connectivity index is 1.97. The number of nitro groups is 1. The van der Waals surface area contributed by atoms with Crippen molar-refractivity contribution in [2.24, 2.45) is 7.05 Å². The zero-order valence-corrected chi connectivity index (χ0v) is 18.2. The van der Waals surface area contributed by atoms with E-state index >= 15 is 0 Å². The molecule has 0 bridgehead atoms. The number of rotatable bonds is 5. The summed E-state index contributed by atoms with van der Waals surface area (Å²) in [5.41, 5.74) is 3.56. The minimum atomic E-state index is -0.385. The molecule has 0 saturated heterocycles. The number of nitro benzene ring substituents is 1. The lowest BCUT2D eigenvalue weighted by atomic mass is 10.0. The summed E-state index contributed by atoms with van der Waals surface area (Å²) in [5.74, 6) is 1.61. The van der Waals surface area contributed by atoms with E-state index in [4.69, 9.17) is 21.1 Å². The molecule has 0 fully saturated rings. The van der Waals surface area contributed by atoms with Gasteiger partial charge in [-0.1, -0.05) is 11.6 Å². The van der Waals surface area contributed by atoms with Gasteiger partial charge in [-0.25, -0.2) is 4.98 Å². The van der Waals surface area contributed by atoms with Crippen molar-refractivity contribution in [3.05, 3.63) is 75.1 Å². The van der Waals surface area contributed by atoms with Crippen molar-refractivity contribution >= 4 is 28.2 Å². The van der Waals surface area contributed by atoms with Crippen LogP contribution in [0.3, 0.4) is 0 Å². The van der Waals surface area contributed by atoms with Gasteiger partial charge in [0.05, 0.1) is 12.0 Å². The van der Waals surface area contributed by atoms with Gasteiger partial charge in [0.15, 0.2) is 0 Å². The summed E-state index contributed by atoms with van der Waals surface area (Å²) in [6.07, 6.45) is 3.54.